The van der Waals surface area contributed by atoms with Gasteiger partial charge in [-0.2, -0.15) is 5.10 Å². The number of amides is 1. The molecule has 1 atom stereocenters. The molecular weight excluding hydrogens is 302 g/mol. The van der Waals surface area contributed by atoms with Gasteiger partial charge in [0, 0.05) is 19.0 Å². The van der Waals surface area contributed by atoms with E-state index in [9.17, 15) is 9.90 Å². The molecule has 0 saturated heterocycles. The maximum atomic E-state index is 12.6. The molecule has 1 unspecified atom stereocenters. The van der Waals surface area contributed by atoms with Crippen LogP contribution in [0.4, 0.5) is 0 Å². The van der Waals surface area contributed by atoms with E-state index in [1.165, 1.54) is 0 Å². The molecule has 1 aromatic heterocycles. The largest absolute Gasteiger partial charge is 0.387 e. The number of carbonyl (C=O) groups is 1. The fourth-order valence-corrected chi connectivity index (χ4v) is 3.10. The van der Waals surface area contributed by atoms with Gasteiger partial charge in [-0.05, 0) is 37.3 Å². The normalized spacial score (nSPS) is 15.3. The second-order valence-electron chi connectivity index (χ2n) is 6.52. The molecule has 0 spiro atoms. The molecule has 0 bridgehead atoms. The van der Waals surface area contributed by atoms with Gasteiger partial charge < -0.3 is 10.4 Å². The standard InChI is InChI=1S/C19H25N3O2/c1-3-10-22-18(14-8-9-14)16(11-21-22)19(24)20-12-17(23)15-7-5-4-6-13(15)2/h4-7,11,14,17,23H,3,8-10,12H2,1-2H3,(H,20,24). The number of carbonyl (C=O) groups excluding carboxylic acids is 1. The first-order chi connectivity index (χ1) is 11.6. The van der Waals surface area contributed by atoms with Crippen molar-refractivity contribution in [3.05, 3.63) is 52.8 Å². The first kappa shape index (κ1) is 16.7. The minimum absolute atomic E-state index is 0.146. The second kappa shape index (κ2) is 7.18. The molecule has 0 radical (unpaired) electrons. The lowest BCUT2D eigenvalue weighted by Gasteiger charge is -2.15. The van der Waals surface area contributed by atoms with Crippen LogP contribution >= 0.6 is 0 Å². The maximum Gasteiger partial charge on any atom is 0.254 e. The van der Waals surface area contributed by atoms with Crippen molar-refractivity contribution in [1.29, 1.82) is 0 Å². The third-order valence-electron chi connectivity index (χ3n) is 4.53. The summed E-state index contributed by atoms with van der Waals surface area (Å²) in [5, 5.41) is 17.6. The minimum atomic E-state index is -0.704. The molecule has 2 aromatic rings. The van der Waals surface area contributed by atoms with Crippen molar-refractivity contribution in [3.63, 3.8) is 0 Å². The van der Waals surface area contributed by atoms with Gasteiger partial charge in [0.25, 0.3) is 5.91 Å². The van der Waals surface area contributed by atoms with E-state index in [-0.39, 0.29) is 12.5 Å². The van der Waals surface area contributed by atoms with Gasteiger partial charge in [0.2, 0.25) is 0 Å². The quantitative estimate of drug-likeness (QED) is 0.821. The highest BCUT2D eigenvalue weighted by molar-refractivity contribution is 5.95. The van der Waals surface area contributed by atoms with Crippen molar-refractivity contribution in [2.75, 3.05) is 6.54 Å². The molecule has 1 aliphatic rings. The molecule has 1 heterocycles. The Morgan fingerprint density at radius 2 is 2.17 bits per heavy atom. The molecule has 128 valence electrons. The fraction of sp³-hybridized carbons (Fsp3) is 0.474. The van der Waals surface area contributed by atoms with Crippen molar-refractivity contribution in [2.24, 2.45) is 0 Å². The van der Waals surface area contributed by atoms with E-state index in [2.05, 4.69) is 17.3 Å². The first-order valence-electron chi connectivity index (χ1n) is 8.69. The molecule has 1 aliphatic carbocycles. The number of nitrogens with one attached hydrogen (secondary N) is 1. The van der Waals surface area contributed by atoms with E-state index in [0.717, 1.165) is 42.6 Å². The van der Waals surface area contributed by atoms with Crippen LogP contribution in [0, 0.1) is 6.92 Å². The van der Waals surface area contributed by atoms with Crippen LogP contribution < -0.4 is 5.32 Å². The smallest absolute Gasteiger partial charge is 0.254 e. The predicted molar refractivity (Wildman–Crippen MR) is 93.0 cm³/mol. The monoisotopic (exact) mass is 327 g/mol. The molecule has 24 heavy (non-hydrogen) atoms. The molecule has 5 nitrogen and oxygen atoms in total. The molecule has 0 aliphatic heterocycles. The molecule has 2 N–H and O–H groups in total. The zero-order valence-corrected chi connectivity index (χ0v) is 14.3. The van der Waals surface area contributed by atoms with Crippen LogP contribution in [0.5, 0.6) is 0 Å². The van der Waals surface area contributed by atoms with Gasteiger partial charge in [-0.15, -0.1) is 0 Å². The van der Waals surface area contributed by atoms with Gasteiger partial charge in [-0.25, -0.2) is 0 Å². The summed E-state index contributed by atoms with van der Waals surface area (Å²) in [5.74, 6) is 0.313. The Hall–Kier alpha value is -2.14. The number of hydrogen-bond acceptors (Lipinski definition) is 3. The fourth-order valence-electron chi connectivity index (χ4n) is 3.10. The van der Waals surface area contributed by atoms with Crippen LogP contribution in [-0.4, -0.2) is 27.3 Å². The number of benzene rings is 1. The molecule has 3 rings (SSSR count). The Kier molecular flexibility index (Phi) is 5.00. The minimum Gasteiger partial charge on any atom is -0.387 e. The van der Waals surface area contributed by atoms with Gasteiger partial charge in [-0.3, -0.25) is 9.48 Å². The number of aromatic nitrogens is 2. The average molecular weight is 327 g/mol. The van der Waals surface area contributed by atoms with Crippen molar-refractivity contribution < 1.29 is 9.90 Å². The van der Waals surface area contributed by atoms with Crippen LogP contribution in [0.2, 0.25) is 0 Å². The van der Waals surface area contributed by atoms with E-state index < -0.39 is 6.10 Å². The van der Waals surface area contributed by atoms with Crippen LogP contribution in [-0.2, 0) is 6.54 Å². The molecular formula is C19H25N3O2. The highest BCUT2D eigenvalue weighted by Gasteiger charge is 2.32. The third kappa shape index (κ3) is 3.51. The Morgan fingerprint density at radius 3 is 2.83 bits per heavy atom. The van der Waals surface area contributed by atoms with E-state index in [1.807, 2.05) is 35.9 Å². The SMILES string of the molecule is CCCn1ncc(C(=O)NCC(O)c2ccccc2C)c1C1CC1. The molecule has 1 amide bonds. The lowest BCUT2D eigenvalue weighted by atomic mass is 10.0. The Morgan fingerprint density at radius 1 is 1.42 bits per heavy atom. The number of hydrogen-bond donors (Lipinski definition) is 2. The highest BCUT2D eigenvalue weighted by Crippen LogP contribution is 2.41. The number of aliphatic hydroxyl groups excluding tert-OH is 1. The van der Waals surface area contributed by atoms with Crippen LogP contribution in [0.15, 0.2) is 30.5 Å². The number of rotatable bonds is 7. The van der Waals surface area contributed by atoms with Crippen LogP contribution in [0.3, 0.4) is 0 Å². The topological polar surface area (TPSA) is 67.2 Å². The van der Waals surface area contributed by atoms with Crippen molar-refractivity contribution in [3.8, 4) is 0 Å². The van der Waals surface area contributed by atoms with Gasteiger partial charge >= 0.3 is 0 Å². The summed E-state index contributed by atoms with van der Waals surface area (Å²) in [6.07, 6.45) is 4.21. The molecule has 5 heteroatoms. The summed E-state index contributed by atoms with van der Waals surface area (Å²) in [5.41, 5.74) is 3.58. The van der Waals surface area contributed by atoms with Crippen LogP contribution in [0.1, 0.15) is 65.4 Å². The van der Waals surface area contributed by atoms with E-state index >= 15 is 0 Å². The summed E-state index contributed by atoms with van der Waals surface area (Å²) in [7, 11) is 0. The second-order valence-corrected chi connectivity index (χ2v) is 6.52. The lowest BCUT2D eigenvalue weighted by molar-refractivity contribution is 0.0914. The van der Waals surface area contributed by atoms with E-state index in [0.29, 0.717) is 11.5 Å². The lowest BCUT2D eigenvalue weighted by Crippen LogP contribution is -2.29. The highest BCUT2D eigenvalue weighted by atomic mass is 16.3. The van der Waals surface area contributed by atoms with E-state index in [1.54, 1.807) is 6.20 Å². The summed E-state index contributed by atoms with van der Waals surface area (Å²) < 4.78 is 1.96. The summed E-state index contributed by atoms with van der Waals surface area (Å²) in [6, 6.07) is 7.68. The van der Waals surface area contributed by atoms with Crippen molar-refractivity contribution in [2.45, 2.75) is 51.7 Å². The zero-order valence-electron chi connectivity index (χ0n) is 14.3. The maximum absolute atomic E-state index is 12.6. The average Bonchev–Trinajstić information content (AvgIpc) is 3.33. The van der Waals surface area contributed by atoms with Gasteiger partial charge in [-0.1, -0.05) is 31.2 Å². The molecule has 1 saturated carbocycles. The summed E-state index contributed by atoms with van der Waals surface area (Å²) in [6.45, 7) is 5.11. The number of aryl methyl sites for hydroxylation is 2. The number of aliphatic hydroxyl groups is 1. The number of nitrogens with zero attached hydrogens (tertiary/aromatic N) is 2. The summed E-state index contributed by atoms with van der Waals surface area (Å²) >= 11 is 0. The van der Waals surface area contributed by atoms with Gasteiger partial charge in [0.05, 0.1) is 23.6 Å². The van der Waals surface area contributed by atoms with Crippen molar-refractivity contribution in [1.82, 2.24) is 15.1 Å². The Bertz CT molecular complexity index is 719. The predicted octanol–water partition coefficient (Wildman–Crippen LogP) is 2.94. The first-order valence-corrected chi connectivity index (χ1v) is 8.69. The third-order valence-corrected chi connectivity index (χ3v) is 4.53. The Labute approximate surface area is 142 Å². The Balaban J connectivity index is 1.68. The summed E-state index contributed by atoms with van der Waals surface area (Å²) in [4.78, 5) is 12.6. The molecule has 1 aromatic carbocycles. The molecule has 1 fully saturated rings. The van der Waals surface area contributed by atoms with Gasteiger partial charge in [0.15, 0.2) is 0 Å². The van der Waals surface area contributed by atoms with Crippen molar-refractivity contribution >= 4 is 5.91 Å². The van der Waals surface area contributed by atoms with E-state index in [4.69, 9.17) is 0 Å². The van der Waals surface area contributed by atoms with Gasteiger partial charge in [0.1, 0.15) is 0 Å². The van der Waals surface area contributed by atoms with Crippen LogP contribution in [0.25, 0.3) is 0 Å². The zero-order chi connectivity index (χ0) is 17.1.